The third-order valence-electron chi connectivity index (χ3n) is 3.20. The lowest BCUT2D eigenvalue weighted by Gasteiger charge is -2.33. The molecular formula is C14H21N3O. The van der Waals surface area contributed by atoms with E-state index in [1.165, 1.54) is 0 Å². The van der Waals surface area contributed by atoms with Gasteiger partial charge in [0.25, 0.3) is 0 Å². The van der Waals surface area contributed by atoms with Crippen molar-refractivity contribution in [2.75, 3.05) is 10.6 Å². The van der Waals surface area contributed by atoms with Gasteiger partial charge in [0.15, 0.2) is 0 Å². The summed E-state index contributed by atoms with van der Waals surface area (Å²) in [5.41, 5.74) is 7.63. The number of anilines is 2. The van der Waals surface area contributed by atoms with Gasteiger partial charge in [-0.05, 0) is 31.0 Å². The molecule has 18 heavy (non-hydrogen) atoms. The molecule has 0 spiro atoms. The molecule has 2 rings (SSSR count). The first-order chi connectivity index (χ1) is 8.54. The molecule has 0 aliphatic heterocycles. The van der Waals surface area contributed by atoms with E-state index in [0.29, 0.717) is 12.1 Å². The Morgan fingerprint density at radius 2 is 2.00 bits per heavy atom. The molecular weight excluding hydrogens is 226 g/mol. The molecule has 0 atom stereocenters. The van der Waals surface area contributed by atoms with Gasteiger partial charge in [0.1, 0.15) is 0 Å². The van der Waals surface area contributed by atoms with Gasteiger partial charge in [-0.1, -0.05) is 19.9 Å². The van der Waals surface area contributed by atoms with Gasteiger partial charge in [0.2, 0.25) is 5.91 Å². The third-order valence-corrected chi connectivity index (χ3v) is 3.20. The number of benzene rings is 1. The highest BCUT2D eigenvalue weighted by Gasteiger charge is 2.25. The van der Waals surface area contributed by atoms with E-state index in [4.69, 9.17) is 5.73 Å². The van der Waals surface area contributed by atoms with Crippen LogP contribution in [0.4, 0.5) is 11.4 Å². The van der Waals surface area contributed by atoms with Crippen LogP contribution >= 0.6 is 0 Å². The van der Waals surface area contributed by atoms with Crippen molar-refractivity contribution < 1.29 is 4.79 Å². The molecule has 0 saturated heterocycles. The highest BCUT2D eigenvalue weighted by Crippen LogP contribution is 2.24. The fourth-order valence-corrected chi connectivity index (χ4v) is 1.99. The van der Waals surface area contributed by atoms with E-state index in [9.17, 15) is 4.79 Å². The van der Waals surface area contributed by atoms with Gasteiger partial charge in [-0.15, -0.1) is 0 Å². The number of carbonyl (C=O) groups is 1. The van der Waals surface area contributed by atoms with Crippen LogP contribution in [-0.2, 0) is 4.79 Å². The van der Waals surface area contributed by atoms with Gasteiger partial charge in [0, 0.05) is 29.4 Å². The van der Waals surface area contributed by atoms with Crippen molar-refractivity contribution in [2.45, 2.75) is 38.8 Å². The fraction of sp³-hybridized carbons (Fsp3) is 0.500. The fourth-order valence-electron chi connectivity index (χ4n) is 1.99. The SMILES string of the molecule is CC(C)C(=O)Nc1cccc(NC2CC(N)C2)c1. The molecule has 0 heterocycles. The van der Waals surface area contributed by atoms with Crippen molar-refractivity contribution in [3.05, 3.63) is 24.3 Å². The molecule has 98 valence electrons. The van der Waals surface area contributed by atoms with Crippen LogP contribution in [0.25, 0.3) is 0 Å². The lowest BCUT2D eigenvalue weighted by atomic mass is 9.87. The van der Waals surface area contributed by atoms with Gasteiger partial charge in [-0.3, -0.25) is 4.79 Å². The van der Waals surface area contributed by atoms with Gasteiger partial charge in [0.05, 0.1) is 0 Å². The van der Waals surface area contributed by atoms with E-state index in [0.717, 1.165) is 24.2 Å². The van der Waals surface area contributed by atoms with Gasteiger partial charge < -0.3 is 16.4 Å². The van der Waals surface area contributed by atoms with Crippen LogP contribution in [0, 0.1) is 5.92 Å². The Balaban J connectivity index is 1.94. The lowest BCUT2D eigenvalue weighted by Crippen LogP contribution is -2.44. The van der Waals surface area contributed by atoms with E-state index >= 15 is 0 Å². The smallest absolute Gasteiger partial charge is 0.226 e. The zero-order chi connectivity index (χ0) is 13.1. The minimum atomic E-state index is -0.00811. The molecule has 0 bridgehead atoms. The Bertz CT molecular complexity index is 425. The molecule has 4 heteroatoms. The van der Waals surface area contributed by atoms with Crippen molar-refractivity contribution in [3.63, 3.8) is 0 Å². The Kier molecular flexibility index (Phi) is 3.87. The summed E-state index contributed by atoms with van der Waals surface area (Å²) in [5.74, 6) is 0.0315. The number of nitrogens with two attached hydrogens (primary N) is 1. The van der Waals surface area contributed by atoms with E-state index in [-0.39, 0.29) is 11.8 Å². The second kappa shape index (κ2) is 5.40. The minimum Gasteiger partial charge on any atom is -0.382 e. The predicted octanol–water partition coefficient (Wildman–Crippen LogP) is 2.18. The summed E-state index contributed by atoms with van der Waals surface area (Å²) in [6.45, 7) is 3.76. The summed E-state index contributed by atoms with van der Waals surface area (Å²) in [5, 5.41) is 6.32. The molecule has 0 radical (unpaired) electrons. The zero-order valence-corrected chi connectivity index (χ0v) is 10.9. The van der Waals surface area contributed by atoms with Crippen molar-refractivity contribution in [1.82, 2.24) is 0 Å². The maximum absolute atomic E-state index is 11.6. The largest absolute Gasteiger partial charge is 0.382 e. The lowest BCUT2D eigenvalue weighted by molar-refractivity contribution is -0.118. The monoisotopic (exact) mass is 247 g/mol. The van der Waals surface area contributed by atoms with Crippen molar-refractivity contribution in [3.8, 4) is 0 Å². The van der Waals surface area contributed by atoms with E-state index in [2.05, 4.69) is 10.6 Å². The van der Waals surface area contributed by atoms with Crippen LogP contribution < -0.4 is 16.4 Å². The molecule has 0 aromatic heterocycles. The molecule has 1 aliphatic carbocycles. The van der Waals surface area contributed by atoms with Crippen LogP contribution in [0.3, 0.4) is 0 Å². The maximum Gasteiger partial charge on any atom is 0.226 e. The highest BCUT2D eigenvalue weighted by atomic mass is 16.1. The Morgan fingerprint density at radius 3 is 2.61 bits per heavy atom. The summed E-state index contributed by atoms with van der Waals surface area (Å²) >= 11 is 0. The molecule has 4 N–H and O–H groups in total. The highest BCUT2D eigenvalue weighted by molar-refractivity contribution is 5.92. The Hall–Kier alpha value is -1.55. The van der Waals surface area contributed by atoms with Crippen LogP contribution in [0.15, 0.2) is 24.3 Å². The number of nitrogens with one attached hydrogen (secondary N) is 2. The number of rotatable bonds is 4. The summed E-state index contributed by atoms with van der Waals surface area (Å²) in [4.78, 5) is 11.6. The average Bonchev–Trinajstić information content (AvgIpc) is 2.27. The van der Waals surface area contributed by atoms with Crippen molar-refractivity contribution in [1.29, 1.82) is 0 Å². The Morgan fingerprint density at radius 1 is 1.33 bits per heavy atom. The van der Waals surface area contributed by atoms with E-state index in [1.807, 2.05) is 38.1 Å². The van der Waals surface area contributed by atoms with Gasteiger partial charge in [-0.25, -0.2) is 0 Å². The van der Waals surface area contributed by atoms with Crippen LogP contribution in [0.1, 0.15) is 26.7 Å². The summed E-state index contributed by atoms with van der Waals surface area (Å²) in [7, 11) is 0. The first-order valence-electron chi connectivity index (χ1n) is 6.47. The molecule has 1 saturated carbocycles. The number of carbonyl (C=O) groups excluding carboxylic acids is 1. The second-order valence-corrected chi connectivity index (χ2v) is 5.30. The second-order valence-electron chi connectivity index (χ2n) is 5.30. The quantitative estimate of drug-likeness (QED) is 0.764. The predicted molar refractivity (Wildman–Crippen MR) is 74.5 cm³/mol. The summed E-state index contributed by atoms with van der Waals surface area (Å²) in [6, 6.07) is 8.62. The van der Waals surface area contributed by atoms with Gasteiger partial charge >= 0.3 is 0 Å². The summed E-state index contributed by atoms with van der Waals surface area (Å²) in [6.07, 6.45) is 2.03. The van der Waals surface area contributed by atoms with Crippen LogP contribution in [0.5, 0.6) is 0 Å². The third kappa shape index (κ3) is 3.23. The molecule has 1 amide bonds. The number of amides is 1. The topological polar surface area (TPSA) is 67.2 Å². The van der Waals surface area contributed by atoms with E-state index < -0.39 is 0 Å². The zero-order valence-electron chi connectivity index (χ0n) is 10.9. The summed E-state index contributed by atoms with van der Waals surface area (Å²) < 4.78 is 0. The minimum absolute atomic E-state index is 0.00811. The first kappa shape index (κ1) is 12.9. The standard InChI is InChI=1S/C14H21N3O/c1-9(2)14(18)17-12-5-3-4-11(8-12)16-13-6-10(15)7-13/h3-5,8-10,13,16H,6-7,15H2,1-2H3,(H,17,18). The number of hydrogen-bond donors (Lipinski definition) is 3. The molecule has 1 aromatic rings. The van der Waals surface area contributed by atoms with Gasteiger partial charge in [-0.2, -0.15) is 0 Å². The van der Waals surface area contributed by atoms with Crippen molar-refractivity contribution >= 4 is 17.3 Å². The van der Waals surface area contributed by atoms with Crippen LogP contribution in [-0.4, -0.2) is 18.0 Å². The van der Waals surface area contributed by atoms with Crippen LogP contribution in [0.2, 0.25) is 0 Å². The van der Waals surface area contributed by atoms with E-state index in [1.54, 1.807) is 0 Å². The normalized spacial score (nSPS) is 22.4. The molecule has 4 nitrogen and oxygen atoms in total. The first-order valence-corrected chi connectivity index (χ1v) is 6.47. The Labute approximate surface area is 108 Å². The molecule has 0 unspecified atom stereocenters. The average molecular weight is 247 g/mol. The van der Waals surface area contributed by atoms with Crippen molar-refractivity contribution in [2.24, 2.45) is 11.7 Å². The molecule has 1 aliphatic rings. The molecule has 1 aromatic carbocycles. The molecule has 1 fully saturated rings. The number of hydrogen-bond acceptors (Lipinski definition) is 3. The maximum atomic E-state index is 11.6.